The van der Waals surface area contributed by atoms with Crippen molar-refractivity contribution in [1.82, 2.24) is 5.32 Å². The van der Waals surface area contributed by atoms with Crippen molar-refractivity contribution >= 4 is 31.9 Å². The van der Waals surface area contributed by atoms with Gasteiger partial charge in [-0.3, -0.25) is 0 Å². The van der Waals surface area contributed by atoms with E-state index in [1.807, 2.05) is 0 Å². The zero-order valence-electron chi connectivity index (χ0n) is 11.8. The summed E-state index contributed by atoms with van der Waals surface area (Å²) < 4.78 is 13.3. The normalized spacial score (nSPS) is 18.4. The molecule has 0 radical (unpaired) electrons. The van der Waals surface area contributed by atoms with E-state index in [1.165, 1.54) is 18.4 Å². The molecule has 3 nitrogen and oxygen atoms in total. The molecule has 0 amide bonds. The maximum absolute atomic E-state index is 5.72. The molecule has 5 heteroatoms. The molecule has 0 unspecified atom stereocenters. The second-order valence-corrected chi connectivity index (χ2v) is 6.71. The van der Waals surface area contributed by atoms with Crippen LogP contribution in [0.15, 0.2) is 21.1 Å². The highest BCUT2D eigenvalue weighted by atomic mass is 79.9. The predicted molar refractivity (Wildman–Crippen MR) is 88.3 cm³/mol. The number of benzene rings is 1. The van der Waals surface area contributed by atoms with Crippen LogP contribution in [0.4, 0.5) is 0 Å². The van der Waals surface area contributed by atoms with Gasteiger partial charge in [-0.25, -0.2) is 0 Å². The second-order valence-electron chi connectivity index (χ2n) is 5.00. The van der Waals surface area contributed by atoms with E-state index in [9.17, 15) is 0 Å². The van der Waals surface area contributed by atoms with Crippen LogP contribution in [0.25, 0.3) is 0 Å². The molecule has 1 saturated heterocycles. The maximum atomic E-state index is 5.72. The quantitative estimate of drug-likeness (QED) is 0.733. The number of rotatable bonds is 7. The van der Waals surface area contributed by atoms with Crippen LogP contribution < -0.4 is 10.1 Å². The van der Waals surface area contributed by atoms with Crippen LogP contribution in [0, 0.1) is 0 Å². The first-order valence-electron chi connectivity index (χ1n) is 7.13. The van der Waals surface area contributed by atoms with E-state index in [-0.39, 0.29) is 0 Å². The summed E-state index contributed by atoms with van der Waals surface area (Å²) in [7, 11) is 0. The molecule has 1 aromatic carbocycles. The fraction of sp³-hybridized carbons (Fsp3) is 0.600. The van der Waals surface area contributed by atoms with Crippen molar-refractivity contribution in [3.63, 3.8) is 0 Å². The summed E-state index contributed by atoms with van der Waals surface area (Å²) in [6.07, 6.45) is 3.75. The fourth-order valence-corrected chi connectivity index (χ4v) is 3.75. The lowest BCUT2D eigenvalue weighted by molar-refractivity contribution is 0.110. The minimum Gasteiger partial charge on any atom is -0.491 e. The topological polar surface area (TPSA) is 30.5 Å². The largest absolute Gasteiger partial charge is 0.491 e. The highest BCUT2D eigenvalue weighted by Crippen LogP contribution is 2.34. The summed E-state index contributed by atoms with van der Waals surface area (Å²) in [6, 6.07) is 4.22. The summed E-state index contributed by atoms with van der Waals surface area (Å²) in [6.45, 7) is 5.50. The van der Waals surface area contributed by atoms with Crippen molar-refractivity contribution in [2.75, 3.05) is 19.8 Å². The van der Waals surface area contributed by atoms with Gasteiger partial charge in [-0.1, -0.05) is 6.92 Å². The van der Waals surface area contributed by atoms with Gasteiger partial charge in [-0.2, -0.15) is 0 Å². The van der Waals surface area contributed by atoms with Crippen LogP contribution in [0.3, 0.4) is 0 Å². The van der Waals surface area contributed by atoms with Gasteiger partial charge in [0.15, 0.2) is 0 Å². The molecule has 1 aliphatic heterocycles. The molecule has 1 aliphatic rings. The Balaban J connectivity index is 1.88. The van der Waals surface area contributed by atoms with Crippen molar-refractivity contribution in [3.8, 4) is 5.75 Å². The van der Waals surface area contributed by atoms with E-state index < -0.39 is 0 Å². The van der Waals surface area contributed by atoms with Gasteiger partial charge < -0.3 is 14.8 Å². The molecule has 0 saturated carbocycles. The first-order chi connectivity index (χ1) is 9.70. The molecule has 0 spiro atoms. The number of hydrogen-bond donors (Lipinski definition) is 1. The van der Waals surface area contributed by atoms with Crippen LogP contribution in [-0.2, 0) is 11.3 Å². The third-order valence-electron chi connectivity index (χ3n) is 3.23. The molecular weight excluding hydrogens is 386 g/mol. The van der Waals surface area contributed by atoms with Crippen molar-refractivity contribution in [2.24, 2.45) is 0 Å². The predicted octanol–water partition coefficient (Wildman–Crippen LogP) is 4.27. The fourth-order valence-electron chi connectivity index (χ4n) is 2.24. The molecule has 1 aromatic rings. The van der Waals surface area contributed by atoms with E-state index in [2.05, 4.69) is 56.2 Å². The number of nitrogens with one attached hydrogen (secondary N) is 1. The molecule has 0 aliphatic carbocycles. The van der Waals surface area contributed by atoms with Crippen LogP contribution in [-0.4, -0.2) is 25.9 Å². The van der Waals surface area contributed by atoms with Gasteiger partial charge in [0.2, 0.25) is 0 Å². The monoisotopic (exact) mass is 405 g/mol. The third-order valence-corrected chi connectivity index (χ3v) is 4.41. The Kier molecular flexibility index (Phi) is 6.81. The van der Waals surface area contributed by atoms with E-state index >= 15 is 0 Å². The van der Waals surface area contributed by atoms with Gasteiger partial charge >= 0.3 is 0 Å². The lowest BCUT2D eigenvalue weighted by atomic mass is 10.2. The Morgan fingerprint density at radius 2 is 2.10 bits per heavy atom. The van der Waals surface area contributed by atoms with E-state index in [0.717, 1.165) is 47.4 Å². The van der Waals surface area contributed by atoms with E-state index in [4.69, 9.17) is 9.47 Å². The minimum atomic E-state index is 0.383. The number of hydrogen-bond acceptors (Lipinski definition) is 3. The number of halogens is 2. The molecule has 0 aromatic heterocycles. The molecule has 2 rings (SSSR count). The van der Waals surface area contributed by atoms with E-state index in [1.54, 1.807) is 0 Å². The maximum Gasteiger partial charge on any atom is 0.147 e. The smallest absolute Gasteiger partial charge is 0.147 e. The lowest BCUT2D eigenvalue weighted by Crippen LogP contribution is -2.25. The highest BCUT2D eigenvalue weighted by molar-refractivity contribution is 9.11. The first kappa shape index (κ1) is 16.3. The summed E-state index contributed by atoms with van der Waals surface area (Å²) in [4.78, 5) is 0. The Bertz CT molecular complexity index is 411. The Hall–Kier alpha value is -0.100. The summed E-state index contributed by atoms with van der Waals surface area (Å²) in [5, 5.41) is 3.45. The lowest BCUT2D eigenvalue weighted by Gasteiger charge is -2.13. The first-order valence-corrected chi connectivity index (χ1v) is 8.72. The van der Waals surface area contributed by atoms with Gasteiger partial charge in [0.05, 0.1) is 21.7 Å². The zero-order chi connectivity index (χ0) is 14.4. The van der Waals surface area contributed by atoms with Gasteiger partial charge in [0, 0.05) is 19.7 Å². The highest BCUT2D eigenvalue weighted by Gasteiger charge is 2.15. The van der Waals surface area contributed by atoms with Gasteiger partial charge in [-0.05, 0) is 68.8 Å². The molecule has 20 heavy (non-hydrogen) atoms. The van der Waals surface area contributed by atoms with Gasteiger partial charge in [-0.15, -0.1) is 0 Å². The van der Waals surface area contributed by atoms with Crippen molar-refractivity contribution in [3.05, 3.63) is 26.6 Å². The molecule has 1 heterocycles. The Morgan fingerprint density at radius 1 is 1.35 bits per heavy atom. The average Bonchev–Trinajstić information content (AvgIpc) is 2.91. The molecule has 112 valence electrons. The van der Waals surface area contributed by atoms with Crippen LogP contribution in [0.2, 0.25) is 0 Å². The standard InChI is InChI=1S/C15H21Br2NO2/c1-2-5-20-15-13(16)7-11(8-14(15)17)9-18-10-12-4-3-6-19-12/h7-8,12,18H,2-6,9-10H2,1H3/t12-/m1/s1. The zero-order valence-corrected chi connectivity index (χ0v) is 14.9. The number of ether oxygens (including phenoxy) is 2. The minimum absolute atomic E-state index is 0.383. The summed E-state index contributed by atoms with van der Waals surface area (Å²) >= 11 is 7.16. The average molecular weight is 407 g/mol. The van der Waals surface area contributed by atoms with Gasteiger partial charge in [0.1, 0.15) is 5.75 Å². The molecular formula is C15H21Br2NO2. The van der Waals surface area contributed by atoms with Crippen LogP contribution >= 0.6 is 31.9 Å². The Labute approximate surface area is 137 Å². The summed E-state index contributed by atoms with van der Waals surface area (Å²) in [5.74, 6) is 0.884. The summed E-state index contributed by atoms with van der Waals surface area (Å²) in [5.41, 5.74) is 1.23. The van der Waals surface area contributed by atoms with Gasteiger partial charge in [0.25, 0.3) is 0 Å². The molecule has 1 atom stereocenters. The van der Waals surface area contributed by atoms with Crippen molar-refractivity contribution in [1.29, 1.82) is 0 Å². The SMILES string of the molecule is CCCOc1c(Br)cc(CNC[C@H]2CCCO2)cc1Br. The van der Waals surface area contributed by atoms with Crippen LogP contribution in [0.5, 0.6) is 5.75 Å². The van der Waals surface area contributed by atoms with Crippen LogP contribution in [0.1, 0.15) is 31.7 Å². The van der Waals surface area contributed by atoms with Crippen molar-refractivity contribution < 1.29 is 9.47 Å². The Morgan fingerprint density at radius 3 is 2.70 bits per heavy atom. The van der Waals surface area contributed by atoms with Crippen molar-refractivity contribution in [2.45, 2.75) is 38.8 Å². The molecule has 1 fully saturated rings. The molecule has 1 N–H and O–H groups in total. The second kappa shape index (κ2) is 8.37. The molecule has 0 bridgehead atoms. The third kappa shape index (κ3) is 4.72. The van der Waals surface area contributed by atoms with E-state index in [0.29, 0.717) is 6.10 Å².